The highest BCUT2D eigenvalue weighted by Crippen LogP contribution is 2.17. The van der Waals surface area contributed by atoms with Crippen molar-refractivity contribution in [2.75, 3.05) is 6.54 Å². The maximum absolute atomic E-state index is 4.33. The molecule has 0 aliphatic rings. The van der Waals surface area contributed by atoms with Crippen LogP contribution in [0.4, 0.5) is 0 Å². The molecule has 0 amide bonds. The first kappa shape index (κ1) is 13.0. The normalized spacial score (nSPS) is 11.9. The molecule has 0 bridgehead atoms. The van der Waals surface area contributed by atoms with Gasteiger partial charge in [0.1, 0.15) is 0 Å². The Labute approximate surface area is 109 Å². The maximum Gasteiger partial charge on any atom is 0.0702 e. The van der Waals surface area contributed by atoms with Crippen molar-refractivity contribution in [1.29, 1.82) is 0 Å². The van der Waals surface area contributed by atoms with E-state index >= 15 is 0 Å². The summed E-state index contributed by atoms with van der Waals surface area (Å²) in [4.78, 5) is 4.33. The topological polar surface area (TPSA) is 24.9 Å². The highest BCUT2D eigenvalue weighted by atomic mass is 14.8. The predicted molar refractivity (Wildman–Crippen MR) is 77.5 cm³/mol. The van der Waals surface area contributed by atoms with Crippen LogP contribution in [0.5, 0.6) is 0 Å². The number of benzene rings is 1. The van der Waals surface area contributed by atoms with Gasteiger partial charge in [0.15, 0.2) is 0 Å². The lowest BCUT2D eigenvalue weighted by atomic mass is 9.92. The monoisotopic (exact) mass is 242 g/mol. The van der Waals surface area contributed by atoms with Crippen LogP contribution in [0.15, 0.2) is 36.5 Å². The Balaban J connectivity index is 1.92. The minimum absolute atomic E-state index is 0.403. The lowest BCUT2D eigenvalue weighted by Crippen LogP contribution is -2.20. The van der Waals surface area contributed by atoms with Crippen molar-refractivity contribution in [3.8, 4) is 0 Å². The predicted octanol–water partition coefficient (Wildman–Crippen LogP) is 3.76. The fourth-order valence-electron chi connectivity index (χ4n) is 1.93. The van der Waals surface area contributed by atoms with Crippen molar-refractivity contribution in [2.24, 2.45) is 5.41 Å². The fraction of sp³-hybridized carbons (Fsp3) is 0.438. The van der Waals surface area contributed by atoms with Gasteiger partial charge in [-0.15, -0.1) is 0 Å². The number of hydrogen-bond acceptors (Lipinski definition) is 2. The maximum atomic E-state index is 4.33. The molecular formula is C16H22N2. The molecule has 1 heterocycles. The summed E-state index contributed by atoms with van der Waals surface area (Å²) in [6.45, 7) is 8.82. The lowest BCUT2D eigenvalue weighted by molar-refractivity contribution is 0.366. The molecule has 0 saturated heterocycles. The molecule has 2 nitrogen and oxygen atoms in total. The number of fused-ring (bicyclic) bond motifs is 1. The summed E-state index contributed by atoms with van der Waals surface area (Å²) >= 11 is 0. The van der Waals surface area contributed by atoms with Gasteiger partial charge in [0, 0.05) is 18.1 Å². The number of rotatable bonds is 4. The van der Waals surface area contributed by atoms with Crippen LogP contribution in [-0.4, -0.2) is 11.5 Å². The third-order valence-electron chi connectivity index (χ3n) is 3.05. The van der Waals surface area contributed by atoms with E-state index in [9.17, 15) is 0 Å². The molecule has 2 aromatic rings. The number of aromatic nitrogens is 1. The zero-order chi connectivity index (χ0) is 13.0. The second kappa shape index (κ2) is 5.49. The largest absolute Gasteiger partial charge is 0.313 e. The van der Waals surface area contributed by atoms with E-state index in [1.165, 1.54) is 17.4 Å². The van der Waals surface area contributed by atoms with E-state index in [1.807, 2.05) is 12.3 Å². The smallest absolute Gasteiger partial charge is 0.0702 e. The Morgan fingerprint density at radius 2 is 2.00 bits per heavy atom. The molecule has 2 heteroatoms. The number of nitrogens with one attached hydrogen (secondary N) is 1. The van der Waals surface area contributed by atoms with E-state index in [1.54, 1.807) is 0 Å². The van der Waals surface area contributed by atoms with Gasteiger partial charge >= 0.3 is 0 Å². The Kier molecular flexibility index (Phi) is 3.97. The second-order valence-corrected chi connectivity index (χ2v) is 6.02. The SMILES string of the molecule is CC(C)(C)CCNCc1ccc2ncccc2c1. The molecule has 1 aromatic heterocycles. The van der Waals surface area contributed by atoms with Crippen molar-refractivity contribution >= 4 is 10.9 Å². The first-order chi connectivity index (χ1) is 8.54. The van der Waals surface area contributed by atoms with Gasteiger partial charge in [-0.3, -0.25) is 4.98 Å². The standard InChI is InChI=1S/C16H22N2/c1-16(2,3)8-10-17-12-13-6-7-15-14(11-13)5-4-9-18-15/h4-7,9,11,17H,8,10,12H2,1-3H3. The molecule has 0 unspecified atom stereocenters. The molecule has 0 fully saturated rings. The van der Waals surface area contributed by atoms with Gasteiger partial charge in [0.2, 0.25) is 0 Å². The molecule has 0 atom stereocenters. The Hall–Kier alpha value is -1.41. The summed E-state index contributed by atoms with van der Waals surface area (Å²) in [6, 6.07) is 10.6. The van der Waals surface area contributed by atoms with E-state index in [4.69, 9.17) is 0 Å². The molecule has 0 spiro atoms. The average molecular weight is 242 g/mol. The van der Waals surface area contributed by atoms with Crippen molar-refractivity contribution in [2.45, 2.75) is 33.7 Å². The van der Waals surface area contributed by atoms with E-state index in [0.717, 1.165) is 18.6 Å². The Morgan fingerprint density at radius 3 is 2.78 bits per heavy atom. The van der Waals surface area contributed by atoms with Gasteiger partial charge in [0.05, 0.1) is 5.52 Å². The van der Waals surface area contributed by atoms with Gasteiger partial charge in [-0.25, -0.2) is 0 Å². The van der Waals surface area contributed by atoms with Gasteiger partial charge in [0.25, 0.3) is 0 Å². The first-order valence-electron chi connectivity index (χ1n) is 6.59. The van der Waals surface area contributed by atoms with E-state index in [0.29, 0.717) is 5.41 Å². The van der Waals surface area contributed by atoms with Gasteiger partial charge in [-0.2, -0.15) is 0 Å². The number of hydrogen-bond donors (Lipinski definition) is 1. The van der Waals surface area contributed by atoms with E-state index < -0.39 is 0 Å². The van der Waals surface area contributed by atoms with Crippen molar-refractivity contribution < 1.29 is 0 Å². The van der Waals surface area contributed by atoms with Crippen LogP contribution in [0.1, 0.15) is 32.8 Å². The van der Waals surface area contributed by atoms with E-state index in [2.05, 4.69) is 55.3 Å². The molecule has 18 heavy (non-hydrogen) atoms. The summed E-state index contributed by atoms with van der Waals surface area (Å²) < 4.78 is 0. The third kappa shape index (κ3) is 3.81. The van der Waals surface area contributed by atoms with Crippen LogP contribution in [0.3, 0.4) is 0 Å². The van der Waals surface area contributed by atoms with Crippen molar-refractivity contribution in [3.63, 3.8) is 0 Å². The lowest BCUT2D eigenvalue weighted by Gasteiger charge is -2.18. The molecule has 0 aliphatic carbocycles. The Bertz CT molecular complexity index is 512. The molecule has 0 radical (unpaired) electrons. The highest BCUT2D eigenvalue weighted by Gasteiger charge is 2.08. The molecular weight excluding hydrogens is 220 g/mol. The molecule has 96 valence electrons. The molecule has 1 aromatic carbocycles. The summed E-state index contributed by atoms with van der Waals surface area (Å²) in [6.07, 6.45) is 3.03. The zero-order valence-corrected chi connectivity index (χ0v) is 11.5. The average Bonchev–Trinajstić information content (AvgIpc) is 2.33. The van der Waals surface area contributed by atoms with Crippen LogP contribution in [0.2, 0.25) is 0 Å². The van der Waals surface area contributed by atoms with Crippen LogP contribution in [0.25, 0.3) is 10.9 Å². The molecule has 2 rings (SSSR count). The van der Waals surface area contributed by atoms with Gasteiger partial charge < -0.3 is 5.32 Å². The van der Waals surface area contributed by atoms with Crippen LogP contribution >= 0.6 is 0 Å². The van der Waals surface area contributed by atoms with Gasteiger partial charge in [-0.1, -0.05) is 32.9 Å². The number of pyridine rings is 1. The fourth-order valence-corrected chi connectivity index (χ4v) is 1.93. The summed E-state index contributed by atoms with van der Waals surface area (Å²) in [5.41, 5.74) is 2.79. The minimum Gasteiger partial charge on any atom is -0.313 e. The molecule has 1 N–H and O–H groups in total. The molecule has 0 aliphatic heterocycles. The van der Waals surface area contributed by atoms with E-state index in [-0.39, 0.29) is 0 Å². The first-order valence-corrected chi connectivity index (χ1v) is 6.59. The van der Waals surface area contributed by atoms with Gasteiger partial charge in [-0.05, 0) is 42.1 Å². The van der Waals surface area contributed by atoms with Crippen molar-refractivity contribution in [1.82, 2.24) is 10.3 Å². The highest BCUT2D eigenvalue weighted by molar-refractivity contribution is 5.78. The third-order valence-corrected chi connectivity index (χ3v) is 3.05. The number of nitrogens with zero attached hydrogens (tertiary/aromatic N) is 1. The van der Waals surface area contributed by atoms with Crippen molar-refractivity contribution in [3.05, 3.63) is 42.1 Å². The van der Waals surface area contributed by atoms with Crippen LogP contribution < -0.4 is 5.32 Å². The zero-order valence-electron chi connectivity index (χ0n) is 11.5. The minimum atomic E-state index is 0.403. The molecule has 0 saturated carbocycles. The summed E-state index contributed by atoms with van der Waals surface area (Å²) in [5, 5.41) is 4.72. The quantitative estimate of drug-likeness (QED) is 0.826. The Morgan fingerprint density at radius 1 is 1.17 bits per heavy atom. The summed E-state index contributed by atoms with van der Waals surface area (Å²) in [5.74, 6) is 0. The second-order valence-electron chi connectivity index (χ2n) is 6.02. The van der Waals surface area contributed by atoms with Crippen LogP contribution in [0, 0.1) is 5.41 Å². The van der Waals surface area contributed by atoms with Crippen LogP contribution in [-0.2, 0) is 6.54 Å². The summed E-state index contributed by atoms with van der Waals surface area (Å²) in [7, 11) is 0.